The molecule has 2 saturated heterocycles. The Bertz CT molecular complexity index is 825. The van der Waals surface area contributed by atoms with E-state index in [1.807, 2.05) is 48.5 Å². The molecule has 0 saturated carbocycles. The van der Waals surface area contributed by atoms with Crippen molar-refractivity contribution in [2.75, 3.05) is 40.4 Å². The Hall–Kier alpha value is -2.67. The minimum Gasteiger partial charge on any atom is -0.497 e. The highest BCUT2D eigenvalue weighted by molar-refractivity contribution is 8.26. The number of rotatable bonds is 4. The van der Waals surface area contributed by atoms with E-state index in [4.69, 9.17) is 19.5 Å². The van der Waals surface area contributed by atoms with Crippen molar-refractivity contribution in [2.45, 2.75) is 25.7 Å². The molecule has 0 radical (unpaired) electrons. The van der Waals surface area contributed by atoms with Gasteiger partial charge < -0.3 is 19.3 Å². The van der Waals surface area contributed by atoms with Crippen LogP contribution in [0.4, 0.5) is 11.4 Å². The summed E-state index contributed by atoms with van der Waals surface area (Å²) in [5.74, 6) is 1.68. The van der Waals surface area contributed by atoms with Gasteiger partial charge in [-0.15, -0.1) is 0 Å². The summed E-state index contributed by atoms with van der Waals surface area (Å²) in [6.45, 7) is 4.16. The molecular formula is C24H30N4O2S. The molecule has 0 unspecified atom stereocenters. The van der Waals surface area contributed by atoms with Crippen LogP contribution in [0, 0.1) is 0 Å². The standard InChI is InChI=1S/C24H30N4O2S/c1-29-21-11-7-19(8-12-21)25-23(27-15-3-4-16-27)31-24(28-17-5-6-18-28)26-20-9-13-22(30-2)14-10-20/h7-14H,3-6,15-18H2,1-2H3. The van der Waals surface area contributed by atoms with E-state index in [9.17, 15) is 0 Å². The molecular weight excluding hydrogens is 408 g/mol. The van der Waals surface area contributed by atoms with Gasteiger partial charge in [0.15, 0.2) is 10.3 Å². The number of ether oxygens (including phenoxy) is 2. The third-order valence-corrected chi connectivity index (χ3v) is 6.59. The fraction of sp³-hybridized carbons (Fsp3) is 0.417. The zero-order valence-corrected chi connectivity index (χ0v) is 19.1. The van der Waals surface area contributed by atoms with Crippen LogP contribution >= 0.6 is 11.8 Å². The van der Waals surface area contributed by atoms with Gasteiger partial charge in [0, 0.05) is 26.2 Å². The van der Waals surface area contributed by atoms with E-state index < -0.39 is 0 Å². The molecule has 4 rings (SSSR count). The lowest BCUT2D eigenvalue weighted by molar-refractivity contribution is 0.414. The van der Waals surface area contributed by atoms with Crippen molar-refractivity contribution in [1.82, 2.24) is 9.80 Å². The molecule has 7 heteroatoms. The summed E-state index contributed by atoms with van der Waals surface area (Å²) in [5, 5.41) is 2.03. The van der Waals surface area contributed by atoms with Crippen LogP contribution in [0.5, 0.6) is 11.5 Å². The van der Waals surface area contributed by atoms with Gasteiger partial charge in [0.05, 0.1) is 25.6 Å². The number of aliphatic imine (C=N–C) groups is 2. The zero-order chi connectivity index (χ0) is 21.5. The smallest absolute Gasteiger partial charge is 0.172 e. The maximum absolute atomic E-state index is 5.29. The van der Waals surface area contributed by atoms with Crippen LogP contribution in [-0.4, -0.2) is 60.5 Å². The highest BCUT2D eigenvalue weighted by Gasteiger charge is 2.24. The van der Waals surface area contributed by atoms with Crippen LogP contribution < -0.4 is 9.47 Å². The molecule has 0 aliphatic carbocycles. The number of methoxy groups -OCH3 is 2. The van der Waals surface area contributed by atoms with Crippen LogP contribution in [0.3, 0.4) is 0 Å². The second-order valence-electron chi connectivity index (χ2n) is 7.68. The lowest BCUT2D eigenvalue weighted by Gasteiger charge is -2.24. The third kappa shape index (κ3) is 5.73. The fourth-order valence-corrected chi connectivity index (χ4v) is 4.84. The van der Waals surface area contributed by atoms with Crippen LogP contribution in [0.2, 0.25) is 0 Å². The van der Waals surface area contributed by atoms with E-state index in [0.717, 1.165) is 59.4 Å². The van der Waals surface area contributed by atoms with Crippen LogP contribution in [0.15, 0.2) is 58.5 Å². The minimum absolute atomic E-state index is 0.841. The van der Waals surface area contributed by atoms with Crippen LogP contribution in [-0.2, 0) is 0 Å². The molecule has 2 aromatic rings. The average molecular weight is 439 g/mol. The third-order valence-electron chi connectivity index (χ3n) is 5.53. The van der Waals surface area contributed by atoms with E-state index in [0.29, 0.717) is 0 Å². The van der Waals surface area contributed by atoms with Gasteiger partial charge >= 0.3 is 0 Å². The molecule has 164 valence electrons. The molecule has 2 fully saturated rings. The Balaban J connectivity index is 1.64. The van der Waals surface area contributed by atoms with E-state index in [-0.39, 0.29) is 0 Å². The lowest BCUT2D eigenvalue weighted by Crippen LogP contribution is -2.31. The summed E-state index contributed by atoms with van der Waals surface area (Å²) in [5.41, 5.74) is 1.86. The van der Waals surface area contributed by atoms with Crippen molar-refractivity contribution in [2.24, 2.45) is 9.98 Å². The molecule has 6 nitrogen and oxygen atoms in total. The number of amidine groups is 2. The summed E-state index contributed by atoms with van der Waals surface area (Å²) < 4.78 is 10.6. The number of hydrogen-bond acceptors (Lipinski definition) is 5. The van der Waals surface area contributed by atoms with E-state index in [2.05, 4.69) is 9.80 Å². The Morgan fingerprint density at radius 2 is 1.00 bits per heavy atom. The molecule has 0 spiro atoms. The van der Waals surface area contributed by atoms with Gasteiger partial charge in [-0.2, -0.15) is 0 Å². The van der Waals surface area contributed by atoms with Gasteiger partial charge in [-0.3, -0.25) is 0 Å². The summed E-state index contributed by atoms with van der Waals surface area (Å²) in [6.07, 6.45) is 4.82. The van der Waals surface area contributed by atoms with Gasteiger partial charge in [-0.05, 0) is 86.0 Å². The first kappa shape index (κ1) is 21.6. The van der Waals surface area contributed by atoms with E-state index in [1.54, 1.807) is 26.0 Å². The zero-order valence-electron chi connectivity index (χ0n) is 18.3. The Morgan fingerprint density at radius 3 is 1.32 bits per heavy atom. The van der Waals surface area contributed by atoms with Crippen LogP contribution in [0.1, 0.15) is 25.7 Å². The highest BCUT2D eigenvalue weighted by atomic mass is 32.2. The van der Waals surface area contributed by atoms with Gasteiger partial charge in [0.2, 0.25) is 0 Å². The van der Waals surface area contributed by atoms with E-state index >= 15 is 0 Å². The van der Waals surface area contributed by atoms with Crippen molar-refractivity contribution < 1.29 is 9.47 Å². The number of hydrogen-bond donors (Lipinski definition) is 0. The fourth-order valence-electron chi connectivity index (χ4n) is 3.75. The topological polar surface area (TPSA) is 49.7 Å². The Morgan fingerprint density at radius 1 is 0.645 bits per heavy atom. The SMILES string of the molecule is COc1ccc(N=C(SC(=Nc2ccc(OC)cc2)N2CCCC2)N2CCCC2)cc1. The normalized spacial score (nSPS) is 17.4. The second kappa shape index (κ2) is 10.6. The molecule has 0 aromatic heterocycles. The molecule has 2 aromatic carbocycles. The first-order chi connectivity index (χ1) is 15.2. The molecule has 2 aliphatic heterocycles. The van der Waals surface area contributed by atoms with Gasteiger partial charge in [0.1, 0.15) is 11.5 Å². The summed E-state index contributed by atoms with van der Waals surface area (Å²) in [6, 6.07) is 15.8. The van der Waals surface area contributed by atoms with Gasteiger partial charge in [-0.1, -0.05) is 0 Å². The number of thioether (sulfide) groups is 1. The van der Waals surface area contributed by atoms with E-state index in [1.165, 1.54) is 25.7 Å². The number of benzene rings is 2. The van der Waals surface area contributed by atoms with Gasteiger partial charge in [-0.25, -0.2) is 9.98 Å². The maximum Gasteiger partial charge on any atom is 0.172 e. The number of likely N-dealkylation sites (tertiary alicyclic amines) is 2. The average Bonchev–Trinajstić information content (AvgIpc) is 3.54. The van der Waals surface area contributed by atoms with Crippen molar-refractivity contribution in [3.8, 4) is 11.5 Å². The van der Waals surface area contributed by atoms with Crippen molar-refractivity contribution in [1.29, 1.82) is 0 Å². The molecule has 0 amide bonds. The highest BCUT2D eigenvalue weighted by Crippen LogP contribution is 2.28. The quantitative estimate of drug-likeness (QED) is 0.479. The summed E-state index contributed by atoms with van der Waals surface area (Å²) in [4.78, 5) is 14.8. The number of nitrogens with zero attached hydrogens (tertiary/aromatic N) is 4. The monoisotopic (exact) mass is 438 g/mol. The lowest BCUT2D eigenvalue weighted by atomic mass is 10.3. The largest absolute Gasteiger partial charge is 0.497 e. The molecule has 31 heavy (non-hydrogen) atoms. The molecule has 2 aliphatic rings. The van der Waals surface area contributed by atoms with Crippen molar-refractivity contribution >= 4 is 33.5 Å². The van der Waals surface area contributed by atoms with Gasteiger partial charge in [0.25, 0.3) is 0 Å². The predicted molar refractivity (Wildman–Crippen MR) is 129 cm³/mol. The first-order valence-corrected chi connectivity index (χ1v) is 11.7. The minimum atomic E-state index is 0.841. The van der Waals surface area contributed by atoms with Crippen molar-refractivity contribution in [3.05, 3.63) is 48.5 Å². The summed E-state index contributed by atoms with van der Waals surface area (Å²) in [7, 11) is 3.36. The second-order valence-corrected chi connectivity index (χ2v) is 8.61. The summed E-state index contributed by atoms with van der Waals surface area (Å²) >= 11 is 1.68. The predicted octanol–water partition coefficient (Wildman–Crippen LogP) is 5.30. The van der Waals surface area contributed by atoms with Crippen LogP contribution in [0.25, 0.3) is 0 Å². The molecule has 0 N–H and O–H groups in total. The van der Waals surface area contributed by atoms with Crippen molar-refractivity contribution in [3.63, 3.8) is 0 Å². The Labute approximate surface area is 189 Å². The first-order valence-electron chi connectivity index (χ1n) is 10.9. The molecule has 2 heterocycles. The molecule has 0 atom stereocenters. The maximum atomic E-state index is 5.29. The molecule has 0 bridgehead atoms. The Kier molecular flexibility index (Phi) is 7.35.